The number of rotatable bonds is 4. The fourth-order valence-corrected chi connectivity index (χ4v) is 3.77. The fourth-order valence-electron chi connectivity index (χ4n) is 3.77. The van der Waals surface area contributed by atoms with Crippen LogP contribution in [0.1, 0.15) is 31.7 Å². The first-order chi connectivity index (χ1) is 13.7. The standard InChI is InChI=1S/C24H25N3O/c1-18(19-8-10-21(11-9-19)27-14-3-2-4-15-27)16-24(28)26-23-7-5-6-20-17-25-13-12-22(20)23/h5-13,16-17H,2-4,14-15H2,1H3,(H,26,28)/b18-16-. The number of fused-ring (bicyclic) bond motifs is 1. The number of carbonyl (C=O) groups excluding carboxylic acids is 1. The van der Waals surface area contributed by atoms with Gasteiger partial charge in [-0.25, -0.2) is 0 Å². The number of amides is 1. The van der Waals surface area contributed by atoms with Gasteiger partial charge in [-0.05, 0) is 61.6 Å². The summed E-state index contributed by atoms with van der Waals surface area (Å²) in [5.41, 5.74) is 4.09. The van der Waals surface area contributed by atoms with E-state index in [0.29, 0.717) is 0 Å². The molecule has 0 saturated carbocycles. The number of aromatic nitrogens is 1. The minimum absolute atomic E-state index is 0.123. The molecule has 1 saturated heterocycles. The Morgan fingerprint density at radius 1 is 1.04 bits per heavy atom. The van der Waals surface area contributed by atoms with Gasteiger partial charge < -0.3 is 10.2 Å². The highest BCUT2D eigenvalue weighted by Gasteiger charge is 2.11. The Morgan fingerprint density at radius 3 is 2.61 bits per heavy atom. The topological polar surface area (TPSA) is 45.2 Å². The monoisotopic (exact) mass is 371 g/mol. The SMILES string of the molecule is C/C(=C/C(=O)Nc1cccc2cnccc12)c1ccc(N2CCCCC2)cc1. The van der Waals surface area contributed by atoms with Crippen LogP contribution in [0.2, 0.25) is 0 Å². The van der Waals surface area contributed by atoms with E-state index in [1.54, 1.807) is 18.5 Å². The van der Waals surface area contributed by atoms with Crippen molar-refractivity contribution in [2.24, 2.45) is 0 Å². The molecule has 4 heteroatoms. The van der Waals surface area contributed by atoms with E-state index in [1.165, 1.54) is 24.9 Å². The molecule has 0 spiro atoms. The summed E-state index contributed by atoms with van der Waals surface area (Å²) in [6.07, 6.45) is 9.07. The Morgan fingerprint density at radius 2 is 1.82 bits per heavy atom. The number of pyridine rings is 1. The van der Waals surface area contributed by atoms with Gasteiger partial charge in [0.15, 0.2) is 0 Å². The fraction of sp³-hybridized carbons (Fsp3) is 0.250. The van der Waals surface area contributed by atoms with Crippen LogP contribution in [-0.4, -0.2) is 24.0 Å². The Kier molecular flexibility index (Phi) is 5.38. The first-order valence-electron chi connectivity index (χ1n) is 9.88. The van der Waals surface area contributed by atoms with Crippen LogP contribution in [0.4, 0.5) is 11.4 Å². The summed E-state index contributed by atoms with van der Waals surface area (Å²) in [6.45, 7) is 4.25. The summed E-state index contributed by atoms with van der Waals surface area (Å²) in [7, 11) is 0. The van der Waals surface area contributed by atoms with Gasteiger partial charge in [-0.1, -0.05) is 24.3 Å². The maximum atomic E-state index is 12.5. The molecule has 2 heterocycles. The van der Waals surface area contributed by atoms with Crippen LogP contribution in [0.3, 0.4) is 0 Å². The zero-order valence-corrected chi connectivity index (χ0v) is 16.2. The van der Waals surface area contributed by atoms with Gasteiger partial charge in [0.05, 0.1) is 0 Å². The normalized spacial score (nSPS) is 14.9. The smallest absolute Gasteiger partial charge is 0.248 e. The molecule has 1 amide bonds. The minimum atomic E-state index is -0.123. The predicted octanol–water partition coefficient (Wildman–Crippen LogP) is 5.27. The number of benzene rings is 2. The third kappa shape index (κ3) is 4.06. The average Bonchev–Trinajstić information content (AvgIpc) is 2.75. The van der Waals surface area contributed by atoms with Crippen molar-refractivity contribution in [3.8, 4) is 0 Å². The Bertz CT molecular complexity index is 997. The Balaban J connectivity index is 1.47. The molecular formula is C24H25N3O. The summed E-state index contributed by atoms with van der Waals surface area (Å²) < 4.78 is 0. The van der Waals surface area contributed by atoms with Crippen LogP contribution in [0.5, 0.6) is 0 Å². The molecule has 1 aliphatic heterocycles. The number of allylic oxidation sites excluding steroid dienone is 1. The zero-order chi connectivity index (χ0) is 19.3. The van der Waals surface area contributed by atoms with Crippen LogP contribution >= 0.6 is 0 Å². The van der Waals surface area contributed by atoms with Crippen LogP contribution in [-0.2, 0) is 4.79 Å². The molecule has 142 valence electrons. The van der Waals surface area contributed by atoms with Crippen molar-refractivity contribution in [3.05, 3.63) is 72.6 Å². The Hall–Kier alpha value is -3.14. The number of carbonyl (C=O) groups is 1. The van der Waals surface area contributed by atoms with Crippen molar-refractivity contribution in [3.63, 3.8) is 0 Å². The summed E-state index contributed by atoms with van der Waals surface area (Å²) in [5, 5.41) is 4.99. The summed E-state index contributed by atoms with van der Waals surface area (Å²) in [5.74, 6) is -0.123. The second kappa shape index (κ2) is 8.26. The van der Waals surface area contributed by atoms with E-state index < -0.39 is 0 Å². The number of nitrogens with zero attached hydrogens (tertiary/aromatic N) is 2. The van der Waals surface area contributed by atoms with Crippen molar-refractivity contribution in [2.75, 3.05) is 23.3 Å². The molecule has 0 unspecified atom stereocenters. The van der Waals surface area contributed by atoms with Crippen molar-refractivity contribution in [2.45, 2.75) is 26.2 Å². The van der Waals surface area contributed by atoms with E-state index in [9.17, 15) is 4.79 Å². The number of hydrogen-bond acceptors (Lipinski definition) is 3. The molecule has 0 aliphatic carbocycles. The quantitative estimate of drug-likeness (QED) is 0.636. The molecule has 0 atom stereocenters. The van der Waals surface area contributed by atoms with Crippen LogP contribution in [0.25, 0.3) is 16.3 Å². The van der Waals surface area contributed by atoms with Crippen molar-refractivity contribution in [1.29, 1.82) is 0 Å². The molecule has 28 heavy (non-hydrogen) atoms. The highest BCUT2D eigenvalue weighted by atomic mass is 16.1. The summed E-state index contributed by atoms with van der Waals surface area (Å²) in [4.78, 5) is 19.1. The molecule has 1 N–H and O–H groups in total. The third-order valence-corrected chi connectivity index (χ3v) is 5.33. The lowest BCUT2D eigenvalue weighted by Gasteiger charge is -2.28. The average molecular weight is 371 g/mol. The summed E-state index contributed by atoms with van der Waals surface area (Å²) >= 11 is 0. The molecule has 3 aromatic rings. The lowest BCUT2D eigenvalue weighted by molar-refractivity contribution is -0.111. The van der Waals surface area contributed by atoms with Gasteiger partial charge in [0.25, 0.3) is 0 Å². The second-order valence-corrected chi connectivity index (χ2v) is 7.31. The van der Waals surface area contributed by atoms with Crippen molar-refractivity contribution >= 4 is 33.6 Å². The van der Waals surface area contributed by atoms with E-state index in [0.717, 1.165) is 40.7 Å². The van der Waals surface area contributed by atoms with Crippen LogP contribution < -0.4 is 10.2 Å². The molecule has 1 aliphatic rings. The lowest BCUT2D eigenvalue weighted by Crippen LogP contribution is -2.29. The first-order valence-corrected chi connectivity index (χ1v) is 9.88. The molecule has 4 nitrogen and oxygen atoms in total. The minimum Gasteiger partial charge on any atom is -0.372 e. The largest absolute Gasteiger partial charge is 0.372 e. The number of piperidine rings is 1. The van der Waals surface area contributed by atoms with Gasteiger partial charge in [-0.3, -0.25) is 9.78 Å². The zero-order valence-electron chi connectivity index (χ0n) is 16.2. The maximum absolute atomic E-state index is 12.5. The molecule has 2 aromatic carbocycles. The van der Waals surface area contributed by atoms with Gasteiger partial charge >= 0.3 is 0 Å². The predicted molar refractivity (Wildman–Crippen MR) is 117 cm³/mol. The van der Waals surface area contributed by atoms with E-state index >= 15 is 0 Å². The second-order valence-electron chi connectivity index (χ2n) is 7.31. The van der Waals surface area contributed by atoms with Gasteiger partial charge in [0.1, 0.15) is 0 Å². The van der Waals surface area contributed by atoms with Gasteiger partial charge in [0.2, 0.25) is 5.91 Å². The lowest BCUT2D eigenvalue weighted by atomic mass is 10.0. The van der Waals surface area contributed by atoms with Gasteiger partial charge in [0, 0.05) is 53.7 Å². The number of anilines is 2. The number of nitrogens with one attached hydrogen (secondary N) is 1. The van der Waals surface area contributed by atoms with Crippen LogP contribution in [0.15, 0.2) is 67.0 Å². The van der Waals surface area contributed by atoms with Gasteiger partial charge in [-0.15, -0.1) is 0 Å². The molecule has 4 rings (SSSR count). The third-order valence-electron chi connectivity index (χ3n) is 5.33. The number of hydrogen-bond donors (Lipinski definition) is 1. The molecule has 1 fully saturated rings. The highest BCUT2D eigenvalue weighted by Crippen LogP contribution is 2.24. The molecule has 0 bridgehead atoms. The van der Waals surface area contributed by atoms with Gasteiger partial charge in [-0.2, -0.15) is 0 Å². The van der Waals surface area contributed by atoms with E-state index in [4.69, 9.17) is 0 Å². The molecule has 1 aromatic heterocycles. The summed E-state index contributed by atoms with van der Waals surface area (Å²) in [6, 6.07) is 16.3. The molecule has 0 radical (unpaired) electrons. The van der Waals surface area contributed by atoms with E-state index in [1.807, 2.05) is 31.2 Å². The van der Waals surface area contributed by atoms with Crippen LogP contribution in [0, 0.1) is 0 Å². The van der Waals surface area contributed by atoms with Crippen molar-refractivity contribution < 1.29 is 4.79 Å². The first kappa shape index (κ1) is 18.2. The van der Waals surface area contributed by atoms with E-state index in [2.05, 4.69) is 39.5 Å². The van der Waals surface area contributed by atoms with Crippen molar-refractivity contribution in [1.82, 2.24) is 4.98 Å². The highest BCUT2D eigenvalue weighted by molar-refractivity contribution is 6.08. The maximum Gasteiger partial charge on any atom is 0.248 e. The molecular weight excluding hydrogens is 346 g/mol. The Labute approximate surface area is 165 Å². The van der Waals surface area contributed by atoms with E-state index in [-0.39, 0.29) is 5.91 Å².